The van der Waals surface area contributed by atoms with Gasteiger partial charge in [0.25, 0.3) is 0 Å². The van der Waals surface area contributed by atoms with Crippen LogP contribution in [0.4, 0.5) is 0 Å². The summed E-state index contributed by atoms with van der Waals surface area (Å²) in [6, 6.07) is 28.7. The van der Waals surface area contributed by atoms with Crippen LogP contribution in [0, 0.1) is 0 Å². The predicted octanol–water partition coefficient (Wildman–Crippen LogP) is 8.48. The van der Waals surface area contributed by atoms with Gasteiger partial charge in [-0.3, -0.25) is 0 Å². The summed E-state index contributed by atoms with van der Waals surface area (Å²) in [5.41, 5.74) is 5.78. The van der Waals surface area contributed by atoms with Gasteiger partial charge in [0, 0.05) is 0 Å². The molecule has 1 aliphatic carbocycles. The molecule has 0 amide bonds. The Morgan fingerprint density at radius 3 is 1.21 bits per heavy atom. The topological polar surface area (TPSA) is 0 Å². The summed E-state index contributed by atoms with van der Waals surface area (Å²) < 4.78 is 1.51. The van der Waals surface area contributed by atoms with Crippen LogP contribution in [0.2, 0.25) is 0 Å². The van der Waals surface area contributed by atoms with Gasteiger partial charge in [-0.1, -0.05) is 0 Å². The Bertz CT molecular complexity index is 1170. The van der Waals surface area contributed by atoms with Crippen molar-refractivity contribution in [2.75, 3.05) is 0 Å². The third-order valence-corrected chi connectivity index (χ3v) is 13.6. The quantitative estimate of drug-likeness (QED) is 0.184. The normalized spacial score (nSPS) is 13.2. The third-order valence-electron chi connectivity index (χ3n) is 7.73. The Kier molecular flexibility index (Phi) is 13.4. The van der Waals surface area contributed by atoms with Crippen molar-refractivity contribution in [2.45, 2.75) is 72.6 Å². The summed E-state index contributed by atoms with van der Waals surface area (Å²) >= 11 is 2.32. The van der Waals surface area contributed by atoms with Gasteiger partial charge >= 0.3 is 227 Å². The maximum absolute atomic E-state index is 2.56. The van der Waals surface area contributed by atoms with Crippen LogP contribution in [0.3, 0.4) is 0 Å². The molecule has 1 aliphatic rings. The van der Waals surface area contributed by atoms with E-state index in [1.54, 1.807) is 5.20 Å². The zero-order chi connectivity index (χ0) is 25.3. The van der Waals surface area contributed by atoms with Crippen molar-refractivity contribution in [3.8, 4) is 0 Å². The van der Waals surface area contributed by atoms with E-state index >= 15 is 0 Å². The summed E-state index contributed by atoms with van der Waals surface area (Å²) in [6.45, 7) is 16.2. The second kappa shape index (κ2) is 14.5. The van der Waals surface area contributed by atoms with E-state index in [2.05, 4.69) is 148 Å². The van der Waals surface area contributed by atoms with Gasteiger partial charge in [0.2, 0.25) is 0 Å². The molecular weight excluding hydrogens is 579 g/mol. The van der Waals surface area contributed by atoms with E-state index in [0.717, 1.165) is 6.42 Å². The van der Waals surface area contributed by atoms with Crippen molar-refractivity contribution in [3.05, 3.63) is 110 Å². The fourth-order valence-electron chi connectivity index (χ4n) is 5.47. The molecule has 38 heavy (non-hydrogen) atoms. The average Bonchev–Trinajstić information content (AvgIpc) is 3.18. The van der Waals surface area contributed by atoms with Crippen molar-refractivity contribution >= 4 is 60.9 Å². The molecule has 0 unspecified atom stereocenters. The van der Waals surface area contributed by atoms with Gasteiger partial charge in [0.1, 0.15) is 0 Å². The molecule has 0 radical (unpaired) electrons. The van der Waals surface area contributed by atoms with Crippen molar-refractivity contribution in [1.82, 2.24) is 0 Å². The standard InChI is InChI=1S/C33H39Si.3ClH.Ti/c1-23(2)27-13-9-16-30(20-27)34(33-19-8-12-26(33)7,31-17-10-14-28(21-31)24(3)4)32-18-11-15-29(22-32)25(5)6;;;;/h9-11,13-25H,8H2,1-7H3;3*1H;. The minimum Gasteiger partial charge on any atom is -0.147 e. The third kappa shape index (κ3) is 6.63. The van der Waals surface area contributed by atoms with E-state index in [9.17, 15) is 0 Å². The van der Waals surface area contributed by atoms with Gasteiger partial charge < -0.3 is 0 Å². The molecule has 3 aromatic rings. The van der Waals surface area contributed by atoms with Crippen LogP contribution in [0.15, 0.2) is 93.5 Å². The Morgan fingerprint density at radius 2 is 0.947 bits per heavy atom. The molecule has 0 N–H and O–H groups in total. The number of hydrogen-bond donors (Lipinski definition) is 0. The Labute approximate surface area is 262 Å². The zero-order valence-electron chi connectivity index (χ0n) is 23.7. The number of benzene rings is 3. The van der Waals surface area contributed by atoms with Crippen molar-refractivity contribution < 1.29 is 20.4 Å². The van der Waals surface area contributed by atoms with Crippen LogP contribution in [-0.2, 0) is 20.4 Å². The molecule has 5 heteroatoms. The molecule has 0 nitrogen and oxygen atoms in total. The van der Waals surface area contributed by atoms with Crippen LogP contribution in [-0.4, -0.2) is 8.07 Å². The van der Waals surface area contributed by atoms with Crippen LogP contribution in [0.5, 0.6) is 0 Å². The SMILES string of the molecule is CC1=[C]([Ti])CC=C1[Si](c1cccc(C(C)C)c1)(c1cccc(C(C)C)c1)c1cccc(C(C)C)c1.Cl.Cl.Cl. The first kappa shape index (κ1) is 35.0. The van der Waals surface area contributed by atoms with Crippen LogP contribution < -0.4 is 15.6 Å². The van der Waals surface area contributed by atoms with Gasteiger partial charge in [-0.2, -0.15) is 0 Å². The number of allylic oxidation sites excluding steroid dienone is 4. The van der Waals surface area contributed by atoms with E-state index in [0.29, 0.717) is 17.8 Å². The van der Waals surface area contributed by atoms with Gasteiger partial charge in [0.05, 0.1) is 0 Å². The maximum Gasteiger partial charge on any atom is -0.147 e. The van der Waals surface area contributed by atoms with Gasteiger partial charge in [-0.05, 0) is 0 Å². The molecule has 0 heterocycles. The largest absolute Gasteiger partial charge is 0.147 e. The molecule has 3 aromatic carbocycles. The molecule has 0 spiro atoms. The molecule has 0 saturated carbocycles. The molecule has 0 fully saturated rings. The number of hydrogen-bond acceptors (Lipinski definition) is 0. The Morgan fingerprint density at radius 1 is 0.605 bits per heavy atom. The van der Waals surface area contributed by atoms with Gasteiger partial charge in [0.15, 0.2) is 0 Å². The molecule has 203 valence electrons. The van der Waals surface area contributed by atoms with Crippen LogP contribution in [0.25, 0.3) is 0 Å². The molecule has 0 aromatic heterocycles. The average molecular weight is 621 g/mol. The van der Waals surface area contributed by atoms with E-state index in [1.807, 2.05) is 0 Å². The van der Waals surface area contributed by atoms with E-state index in [4.69, 9.17) is 0 Å². The summed E-state index contributed by atoms with van der Waals surface area (Å²) in [5.74, 6) is 1.50. The minimum absolute atomic E-state index is 0. The fourth-order valence-corrected chi connectivity index (χ4v) is 11.3. The summed E-state index contributed by atoms with van der Waals surface area (Å²) in [7, 11) is -2.52. The zero-order valence-corrected chi connectivity index (χ0v) is 28.7. The molecule has 4 rings (SSSR count). The van der Waals surface area contributed by atoms with Crippen molar-refractivity contribution in [3.63, 3.8) is 0 Å². The van der Waals surface area contributed by atoms with E-state index in [1.165, 1.54) is 41.7 Å². The number of rotatable bonds is 7. The molecule has 0 aliphatic heterocycles. The first-order chi connectivity index (χ1) is 16.7. The first-order valence-electron chi connectivity index (χ1n) is 13.1. The van der Waals surface area contributed by atoms with E-state index in [-0.39, 0.29) is 37.2 Å². The van der Waals surface area contributed by atoms with Gasteiger partial charge in [-0.15, -0.1) is 37.2 Å². The molecule has 0 bridgehead atoms. The van der Waals surface area contributed by atoms with Crippen molar-refractivity contribution in [2.24, 2.45) is 0 Å². The fraction of sp³-hybridized carbons (Fsp3) is 0.333. The summed E-state index contributed by atoms with van der Waals surface area (Å²) in [5, 5.41) is 6.10. The minimum atomic E-state index is -2.52. The predicted molar refractivity (Wildman–Crippen MR) is 173 cm³/mol. The van der Waals surface area contributed by atoms with Crippen LogP contribution in [0.1, 0.15) is 89.3 Å². The molecule has 0 atom stereocenters. The van der Waals surface area contributed by atoms with Crippen LogP contribution >= 0.6 is 37.2 Å². The van der Waals surface area contributed by atoms with Gasteiger partial charge in [-0.25, -0.2) is 0 Å². The Balaban J connectivity index is 0.00000241. The first-order valence-corrected chi connectivity index (χ1v) is 15.9. The second-order valence-corrected chi connectivity index (χ2v) is 15.7. The maximum atomic E-state index is 2.56. The summed E-state index contributed by atoms with van der Waals surface area (Å²) in [4.78, 5) is 0. The monoisotopic (exact) mass is 619 g/mol. The van der Waals surface area contributed by atoms with Crippen molar-refractivity contribution in [1.29, 1.82) is 0 Å². The molecule has 0 saturated heterocycles. The Hall–Kier alpha value is -1.06. The molecular formula is C33H42Cl3SiTi. The van der Waals surface area contributed by atoms with E-state index < -0.39 is 8.07 Å². The number of halogens is 3. The summed E-state index contributed by atoms with van der Waals surface area (Å²) in [6.07, 6.45) is 3.62. The second-order valence-electron chi connectivity index (χ2n) is 11.0. The smallest absolute Gasteiger partial charge is 0.147 e.